The fourth-order valence-corrected chi connectivity index (χ4v) is 4.45. The summed E-state index contributed by atoms with van der Waals surface area (Å²) >= 11 is 7.57. The van der Waals surface area contributed by atoms with Gasteiger partial charge in [0.1, 0.15) is 5.82 Å². The number of hydrogen-bond acceptors (Lipinski definition) is 7. The van der Waals surface area contributed by atoms with Gasteiger partial charge in [-0.25, -0.2) is 23.2 Å². The molecule has 0 radical (unpaired) electrons. The summed E-state index contributed by atoms with van der Waals surface area (Å²) in [7, 11) is -3.50. The molecule has 3 aromatic rings. The summed E-state index contributed by atoms with van der Waals surface area (Å²) in [5, 5.41) is 13.5. The minimum absolute atomic E-state index is 0.00842. The lowest BCUT2D eigenvalue weighted by atomic mass is 10.2. The van der Waals surface area contributed by atoms with E-state index < -0.39 is 15.8 Å². The standard InChI is InChI=1S/C20H18ClN3O4S2/c1-12-9-18(24-20(22-12)29-11-13-5-3-4-6-16(13)21)23-17-10-14(30(2,27)28)7-8-15(17)19(25)26/h3-10H,11H2,1-2H3,(H,25,26)(H,22,23,24). The van der Waals surface area contributed by atoms with Gasteiger partial charge in [-0.1, -0.05) is 41.6 Å². The van der Waals surface area contributed by atoms with Gasteiger partial charge >= 0.3 is 5.97 Å². The Kier molecular flexibility index (Phi) is 6.64. The summed E-state index contributed by atoms with van der Waals surface area (Å²) in [6.45, 7) is 1.79. The summed E-state index contributed by atoms with van der Waals surface area (Å²) in [5.41, 5.74) is 1.68. The molecule has 0 saturated heterocycles. The monoisotopic (exact) mass is 463 g/mol. The number of aryl methyl sites for hydroxylation is 1. The van der Waals surface area contributed by atoms with Crippen molar-refractivity contribution in [3.8, 4) is 0 Å². The van der Waals surface area contributed by atoms with Crippen LogP contribution in [-0.2, 0) is 15.6 Å². The molecule has 7 nitrogen and oxygen atoms in total. The van der Waals surface area contributed by atoms with E-state index in [0.29, 0.717) is 27.4 Å². The first-order valence-electron chi connectivity index (χ1n) is 8.70. The Labute approximate surface area is 183 Å². The lowest BCUT2D eigenvalue weighted by molar-refractivity contribution is 0.0698. The van der Waals surface area contributed by atoms with Gasteiger partial charge in [-0.2, -0.15) is 0 Å². The van der Waals surface area contributed by atoms with Crippen LogP contribution in [0.5, 0.6) is 0 Å². The zero-order valence-corrected chi connectivity index (χ0v) is 18.5. The van der Waals surface area contributed by atoms with Gasteiger partial charge in [-0.15, -0.1) is 0 Å². The number of anilines is 2. The number of carboxylic acids is 1. The summed E-state index contributed by atoms with van der Waals surface area (Å²) in [5.74, 6) is -0.263. The Hall–Kier alpha value is -2.62. The van der Waals surface area contributed by atoms with E-state index in [0.717, 1.165) is 11.8 Å². The number of rotatable bonds is 7. The van der Waals surface area contributed by atoms with Crippen LogP contribution >= 0.6 is 23.4 Å². The number of carbonyl (C=O) groups is 1. The van der Waals surface area contributed by atoms with Crippen LogP contribution in [0.15, 0.2) is 58.6 Å². The second-order valence-corrected chi connectivity index (χ2v) is 9.83. The van der Waals surface area contributed by atoms with Crippen molar-refractivity contribution in [2.45, 2.75) is 22.7 Å². The molecule has 2 N–H and O–H groups in total. The van der Waals surface area contributed by atoms with Crippen molar-refractivity contribution in [2.24, 2.45) is 0 Å². The van der Waals surface area contributed by atoms with Crippen LogP contribution in [0, 0.1) is 6.92 Å². The SMILES string of the molecule is Cc1cc(Nc2cc(S(C)(=O)=O)ccc2C(=O)O)nc(SCc2ccccc2Cl)n1. The molecule has 0 aliphatic heterocycles. The first kappa shape index (κ1) is 22.1. The van der Waals surface area contributed by atoms with Crippen LogP contribution in [0.2, 0.25) is 5.02 Å². The predicted molar refractivity (Wildman–Crippen MR) is 118 cm³/mol. The molecule has 10 heteroatoms. The third-order valence-corrected chi connectivity index (χ3v) is 6.44. The summed E-state index contributed by atoms with van der Waals surface area (Å²) in [4.78, 5) is 20.4. The normalized spacial score (nSPS) is 11.3. The molecule has 156 valence electrons. The highest BCUT2D eigenvalue weighted by molar-refractivity contribution is 7.98. The number of aromatic nitrogens is 2. The molecule has 3 rings (SSSR count). The van der Waals surface area contributed by atoms with Crippen molar-refractivity contribution in [1.29, 1.82) is 0 Å². The largest absolute Gasteiger partial charge is 0.478 e. The van der Waals surface area contributed by atoms with Crippen LogP contribution in [0.25, 0.3) is 0 Å². The predicted octanol–water partition coefficient (Wildman–Crippen LogP) is 4.58. The average molecular weight is 464 g/mol. The van der Waals surface area contributed by atoms with Gasteiger partial charge in [0.2, 0.25) is 0 Å². The van der Waals surface area contributed by atoms with E-state index in [1.54, 1.807) is 13.0 Å². The zero-order valence-electron chi connectivity index (χ0n) is 16.1. The Morgan fingerprint density at radius 2 is 1.90 bits per heavy atom. The third kappa shape index (κ3) is 5.50. The second-order valence-electron chi connectivity index (χ2n) is 6.47. The van der Waals surface area contributed by atoms with E-state index in [-0.39, 0.29) is 16.1 Å². The maximum absolute atomic E-state index is 11.9. The number of benzene rings is 2. The number of halogens is 1. The van der Waals surface area contributed by atoms with Crippen LogP contribution in [0.4, 0.5) is 11.5 Å². The minimum atomic E-state index is -3.50. The van der Waals surface area contributed by atoms with Crippen molar-refractivity contribution in [1.82, 2.24) is 9.97 Å². The van der Waals surface area contributed by atoms with E-state index in [1.807, 2.05) is 24.3 Å². The Morgan fingerprint density at radius 1 is 1.17 bits per heavy atom. The molecule has 0 aliphatic rings. The van der Waals surface area contributed by atoms with E-state index in [4.69, 9.17) is 11.6 Å². The Morgan fingerprint density at radius 3 is 2.57 bits per heavy atom. The van der Waals surface area contributed by atoms with Crippen molar-refractivity contribution in [2.75, 3.05) is 11.6 Å². The van der Waals surface area contributed by atoms with E-state index in [1.165, 1.54) is 30.0 Å². The first-order chi connectivity index (χ1) is 14.1. The van der Waals surface area contributed by atoms with Crippen LogP contribution in [0.3, 0.4) is 0 Å². The minimum Gasteiger partial charge on any atom is -0.478 e. The molecule has 0 bridgehead atoms. The number of carboxylic acid groups (broad SMARTS) is 1. The van der Waals surface area contributed by atoms with Gasteiger partial charge in [0, 0.05) is 28.8 Å². The van der Waals surface area contributed by atoms with Gasteiger partial charge in [0.25, 0.3) is 0 Å². The number of sulfone groups is 1. The first-order valence-corrected chi connectivity index (χ1v) is 12.0. The zero-order chi connectivity index (χ0) is 21.9. The van der Waals surface area contributed by atoms with Gasteiger partial charge in [0.05, 0.1) is 16.1 Å². The van der Waals surface area contributed by atoms with Gasteiger partial charge in [0.15, 0.2) is 15.0 Å². The maximum Gasteiger partial charge on any atom is 0.337 e. The maximum atomic E-state index is 11.9. The molecule has 0 atom stereocenters. The lowest BCUT2D eigenvalue weighted by Gasteiger charge is -2.12. The molecule has 0 spiro atoms. The molecule has 0 amide bonds. The van der Waals surface area contributed by atoms with Gasteiger partial charge in [-0.05, 0) is 36.8 Å². The van der Waals surface area contributed by atoms with E-state index in [9.17, 15) is 18.3 Å². The van der Waals surface area contributed by atoms with Gasteiger partial charge in [-0.3, -0.25) is 0 Å². The highest BCUT2D eigenvalue weighted by Gasteiger charge is 2.16. The summed E-state index contributed by atoms with van der Waals surface area (Å²) in [6.07, 6.45) is 1.06. The van der Waals surface area contributed by atoms with E-state index in [2.05, 4.69) is 15.3 Å². The second kappa shape index (κ2) is 9.03. The number of aromatic carboxylic acids is 1. The summed E-state index contributed by atoms with van der Waals surface area (Å²) in [6, 6.07) is 12.9. The Balaban J connectivity index is 1.90. The fourth-order valence-electron chi connectivity index (χ4n) is 2.61. The molecule has 1 heterocycles. The number of nitrogens with zero attached hydrogens (tertiary/aromatic N) is 2. The molecule has 1 aromatic heterocycles. The molecule has 0 unspecified atom stereocenters. The fraction of sp³-hybridized carbons (Fsp3) is 0.150. The van der Waals surface area contributed by atoms with Crippen molar-refractivity contribution in [3.63, 3.8) is 0 Å². The van der Waals surface area contributed by atoms with Crippen LogP contribution in [-0.4, -0.2) is 35.7 Å². The van der Waals surface area contributed by atoms with E-state index >= 15 is 0 Å². The highest BCUT2D eigenvalue weighted by atomic mass is 35.5. The summed E-state index contributed by atoms with van der Waals surface area (Å²) < 4.78 is 23.7. The highest BCUT2D eigenvalue weighted by Crippen LogP contribution is 2.28. The van der Waals surface area contributed by atoms with Crippen molar-refractivity contribution >= 4 is 50.7 Å². The third-order valence-electron chi connectivity index (χ3n) is 4.06. The smallest absolute Gasteiger partial charge is 0.337 e. The topological polar surface area (TPSA) is 109 Å². The van der Waals surface area contributed by atoms with Crippen molar-refractivity contribution < 1.29 is 18.3 Å². The molecule has 0 aliphatic carbocycles. The average Bonchev–Trinajstić information content (AvgIpc) is 2.66. The number of hydrogen-bond donors (Lipinski definition) is 2. The molecule has 0 saturated carbocycles. The molecular formula is C20H18ClN3O4S2. The Bertz CT molecular complexity index is 1220. The number of thioether (sulfide) groups is 1. The van der Waals surface area contributed by atoms with Crippen LogP contribution in [0.1, 0.15) is 21.6 Å². The van der Waals surface area contributed by atoms with Crippen molar-refractivity contribution in [3.05, 3.63) is 70.4 Å². The van der Waals surface area contributed by atoms with Gasteiger partial charge < -0.3 is 10.4 Å². The number of nitrogens with one attached hydrogen (secondary N) is 1. The lowest BCUT2D eigenvalue weighted by Crippen LogP contribution is -2.07. The molecule has 2 aromatic carbocycles. The molecule has 0 fully saturated rings. The molecule has 30 heavy (non-hydrogen) atoms. The quantitative estimate of drug-likeness (QED) is 0.387. The van der Waals surface area contributed by atoms with Crippen LogP contribution < -0.4 is 5.32 Å². The molecular weight excluding hydrogens is 446 g/mol.